The number of esters is 1. The molecule has 1 fully saturated rings. The van der Waals surface area contributed by atoms with Crippen LogP contribution >= 0.6 is 22.9 Å². The molecule has 2 heterocycles. The van der Waals surface area contributed by atoms with Crippen molar-refractivity contribution in [1.82, 2.24) is 5.32 Å². The Bertz CT molecular complexity index is 840. The SMILES string of the molecule is COC(=O)CC(NC(=O)C1CC(=O)N(c2cccc(Cl)c2)C1)c1cccs1. The fraction of sp³-hybridized carbons (Fsp3) is 0.316. The van der Waals surface area contributed by atoms with E-state index in [1.54, 1.807) is 29.2 Å². The number of nitrogens with one attached hydrogen (secondary N) is 1. The summed E-state index contributed by atoms with van der Waals surface area (Å²) < 4.78 is 4.73. The number of ether oxygens (including phenoxy) is 1. The molecule has 1 aromatic carbocycles. The Morgan fingerprint density at radius 2 is 2.19 bits per heavy atom. The summed E-state index contributed by atoms with van der Waals surface area (Å²) in [5.74, 6) is -1.28. The van der Waals surface area contributed by atoms with Gasteiger partial charge >= 0.3 is 5.97 Å². The van der Waals surface area contributed by atoms with E-state index in [4.69, 9.17) is 16.3 Å². The molecule has 1 N–H and O–H groups in total. The fourth-order valence-corrected chi connectivity index (χ4v) is 3.99. The third kappa shape index (κ3) is 4.67. The zero-order chi connectivity index (χ0) is 19.4. The monoisotopic (exact) mass is 406 g/mol. The van der Waals surface area contributed by atoms with Crippen LogP contribution in [0.1, 0.15) is 23.8 Å². The van der Waals surface area contributed by atoms with Gasteiger partial charge in [0, 0.05) is 28.6 Å². The largest absolute Gasteiger partial charge is 0.469 e. The predicted octanol–water partition coefficient (Wildman–Crippen LogP) is 3.18. The topological polar surface area (TPSA) is 75.7 Å². The van der Waals surface area contributed by atoms with Crippen LogP contribution in [0.3, 0.4) is 0 Å². The van der Waals surface area contributed by atoms with Crippen molar-refractivity contribution in [2.75, 3.05) is 18.6 Å². The molecule has 0 saturated carbocycles. The number of carbonyl (C=O) groups is 3. The molecular weight excluding hydrogens is 388 g/mol. The van der Waals surface area contributed by atoms with Crippen molar-refractivity contribution < 1.29 is 19.1 Å². The summed E-state index contributed by atoms with van der Waals surface area (Å²) in [5, 5.41) is 5.31. The molecule has 6 nitrogen and oxygen atoms in total. The van der Waals surface area contributed by atoms with Gasteiger partial charge in [0.1, 0.15) is 0 Å². The minimum absolute atomic E-state index is 0.0431. The van der Waals surface area contributed by atoms with Gasteiger partial charge in [-0.15, -0.1) is 11.3 Å². The fourth-order valence-electron chi connectivity index (χ4n) is 3.03. The molecule has 3 rings (SSSR count). The summed E-state index contributed by atoms with van der Waals surface area (Å²) in [4.78, 5) is 39.2. The Labute approximate surface area is 166 Å². The smallest absolute Gasteiger partial charge is 0.307 e. The van der Waals surface area contributed by atoms with Crippen LogP contribution < -0.4 is 10.2 Å². The maximum Gasteiger partial charge on any atom is 0.307 e. The van der Waals surface area contributed by atoms with E-state index in [0.717, 1.165) is 4.88 Å². The number of hydrogen-bond donors (Lipinski definition) is 1. The van der Waals surface area contributed by atoms with Crippen LogP contribution in [0.15, 0.2) is 41.8 Å². The van der Waals surface area contributed by atoms with E-state index in [0.29, 0.717) is 10.7 Å². The van der Waals surface area contributed by atoms with Crippen LogP contribution in [-0.4, -0.2) is 31.4 Å². The van der Waals surface area contributed by atoms with Gasteiger partial charge in [-0.3, -0.25) is 14.4 Å². The lowest BCUT2D eigenvalue weighted by Gasteiger charge is -2.20. The lowest BCUT2D eigenvalue weighted by atomic mass is 10.1. The zero-order valence-corrected chi connectivity index (χ0v) is 16.3. The number of halogens is 1. The van der Waals surface area contributed by atoms with E-state index in [-0.39, 0.29) is 31.2 Å². The summed E-state index contributed by atoms with van der Waals surface area (Å²) in [6.45, 7) is 0.278. The van der Waals surface area contributed by atoms with E-state index in [2.05, 4.69) is 5.32 Å². The van der Waals surface area contributed by atoms with Crippen molar-refractivity contribution in [3.8, 4) is 0 Å². The number of methoxy groups -OCH3 is 1. The standard InChI is InChI=1S/C19H19ClN2O4S/c1-26-18(24)10-15(16-6-3-7-27-16)21-19(25)12-8-17(23)22(11-12)14-5-2-4-13(20)9-14/h2-7,9,12,15H,8,10-11H2,1H3,(H,21,25). The third-order valence-corrected chi connectivity index (χ3v) is 5.64. The van der Waals surface area contributed by atoms with Gasteiger partial charge in [-0.25, -0.2) is 0 Å². The Hall–Kier alpha value is -2.38. The van der Waals surface area contributed by atoms with Gasteiger partial charge in [-0.2, -0.15) is 0 Å². The second kappa shape index (κ2) is 8.54. The van der Waals surface area contributed by atoms with Crippen molar-refractivity contribution in [2.24, 2.45) is 5.92 Å². The van der Waals surface area contributed by atoms with Crippen molar-refractivity contribution in [2.45, 2.75) is 18.9 Å². The molecule has 2 amide bonds. The van der Waals surface area contributed by atoms with Crippen LogP contribution in [0.2, 0.25) is 5.02 Å². The van der Waals surface area contributed by atoms with Gasteiger partial charge in [0.25, 0.3) is 0 Å². The Morgan fingerprint density at radius 3 is 2.85 bits per heavy atom. The Balaban J connectivity index is 1.69. The van der Waals surface area contributed by atoms with Gasteiger partial charge < -0.3 is 15.0 Å². The maximum atomic E-state index is 12.7. The average Bonchev–Trinajstić information content (AvgIpc) is 3.30. The van der Waals surface area contributed by atoms with Crippen LogP contribution in [0.4, 0.5) is 5.69 Å². The highest BCUT2D eigenvalue weighted by Gasteiger charge is 2.36. The number of amides is 2. The van der Waals surface area contributed by atoms with Gasteiger partial charge in [-0.05, 0) is 29.6 Å². The molecule has 142 valence electrons. The van der Waals surface area contributed by atoms with Crippen molar-refractivity contribution in [3.63, 3.8) is 0 Å². The molecule has 1 saturated heterocycles. The van der Waals surface area contributed by atoms with Crippen LogP contribution in [0.5, 0.6) is 0 Å². The van der Waals surface area contributed by atoms with Crippen LogP contribution in [0, 0.1) is 5.92 Å². The predicted molar refractivity (Wildman–Crippen MR) is 104 cm³/mol. The van der Waals surface area contributed by atoms with Crippen molar-refractivity contribution in [1.29, 1.82) is 0 Å². The molecule has 1 aliphatic heterocycles. The van der Waals surface area contributed by atoms with E-state index >= 15 is 0 Å². The van der Waals surface area contributed by atoms with Crippen molar-refractivity contribution in [3.05, 3.63) is 51.7 Å². The molecule has 2 unspecified atom stereocenters. The quantitative estimate of drug-likeness (QED) is 0.747. The lowest BCUT2D eigenvalue weighted by Crippen LogP contribution is -2.36. The number of anilines is 1. The third-order valence-electron chi connectivity index (χ3n) is 4.42. The maximum absolute atomic E-state index is 12.7. The first-order valence-electron chi connectivity index (χ1n) is 8.44. The molecule has 0 aliphatic carbocycles. The van der Waals surface area contributed by atoms with Crippen LogP contribution in [-0.2, 0) is 19.1 Å². The molecule has 1 aromatic heterocycles. The number of rotatable bonds is 6. The number of carbonyl (C=O) groups excluding carboxylic acids is 3. The zero-order valence-electron chi connectivity index (χ0n) is 14.7. The van der Waals surface area contributed by atoms with Crippen molar-refractivity contribution >= 4 is 46.4 Å². The highest BCUT2D eigenvalue weighted by molar-refractivity contribution is 7.10. The van der Waals surface area contributed by atoms with E-state index < -0.39 is 17.9 Å². The molecule has 0 spiro atoms. The Morgan fingerprint density at radius 1 is 1.37 bits per heavy atom. The Kier molecular flexibility index (Phi) is 6.13. The van der Waals surface area contributed by atoms with E-state index in [1.807, 2.05) is 17.5 Å². The van der Waals surface area contributed by atoms with Gasteiger partial charge in [-0.1, -0.05) is 23.7 Å². The van der Waals surface area contributed by atoms with Gasteiger partial charge in [0.15, 0.2) is 0 Å². The summed E-state index contributed by atoms with van der Waals surface area (Å²) in [6, 6.07) is 10.2. The molecule has 2 atom stereocenters. The van der Waals surface area contributed by atoms with Gasteiger partial charge in [0.05, 0.1) is 25.5 Å². The summed E-state index contributed by atoms with van der Waals surface area (Å²) in [7, 11) is 1.31. The first kappa shape index (κ1) is 19.4. The molecular formula is C19H19ClN2O4S. The van der Waals surface area contributed by atoms with Crippen LogP contribution in [0.25, 0.3) is 0 Å². The summed E-state index contributed by atoms with van der Waals surface area (Å²) in [5.41, 5.74) is 0.673. The second-order valence-corrected chi connectivity index (χ2v) is 7.66. The number of nitrogens with zero attached hydrogens (tertiary/aromatic N) is 1. The first-order valence-corrected chi connectivity index (χ1v) is 9.70. The average molecular weight is 407 g/mol. The second-order valence-electron chi connectivity index (χ2n) is 6.24. The molecule has 1 aliphatic rings. The minimum atomic E-state index is -0.489. The molecule has 0 bridgehead atoms. The minimum Gasteiger partial charge on any atom is -0.469 e. The molecule has 27 heavy (non-hydrogen) atoms. The summed E-state index contributed by atoms with van der Waals surface area (Å²) in [6.07, 6.45) is 0.162. The number of thiophene rings is 1. The first-order chi connectivity index (χ1) is 13.0. The molecule has 8 heteroatoms. The normalized spacial score (nSPS) is 17.6. The highest BCUT2D eigenvalue weighted by Crippen LogP contribution is 2.29. The van der Waals surface area contributed by atoms with Gasteiger partial charge in [0.2, 0.25) is 11.8 Å². The summed E-state index contributed by atoms with van der Waals surface area (Å²) >= 11 is 7.45. The van der Waals surface area contributed by atoms with E-state index in [1.165, 1.54) is 18.4 Å². The highest BCUT2D eigenvalue weighted by atomic mass is 35.5. The molecule has 2 aromatic rings. The lowest BCUT2D eigenvalue weighted by molar-refractivity contribution is -0.141. The number of benzene rings is 1. The number of hydrogen-bond acceptors (Lipinski definition) is 5. The molecule has 0 radical (unpaired) electrons. The van der Waals surface area contributed by atoms with E-state index in [9.17, 15) is 14.4 Å².